The molecule has 2 N–H and O–H groups in total. The number of carbonyl (C=O) groups is 1. The molecule has 0 aliphatic heterocycles. The summed E-state index contributed by atoms with van der Waals surface area (Å²) in [7, 11) is 0. The van der Waals surface area contributed by atoms with Gasteiger partial charge in [-0.3, -0.25) is 4.98 Å². The van der Waals surface area contributed by atoms with Crippen molar-refractivity contribution in [2.75, 3.05) is 19.7 Å². The van der Waals surface area contributed by atoms with E-state index in [9.17, 15) is 4.79 Å². The molecule has 2 aromatic rings. The van der Waals surface area contributed by atoms with Crippen LogP contribution in [0.2, 0.25) is 0 Å². The predicted octanol–water partition coefficient (Wildman–Crippen LogP) is 1.99. The molecule has 21 heavy (non-hydrogen) atoms. The lowest BCUT2D eigenvalue weighted by molar-refractivity contribution is 0.0697. The van der Waals surface area contributed by atoms with Gasteiger partial charge < -0.3 is 15.2 Å². The van der Waals surface area contributed by atoms with Gasteiger partial charge in [-0.1, -0.05) is 6.07 Å². The highest BCUT2D eigenvalue weighted by Gasteiger charge is 2.01. The molecule has 0 saturated carbocycles. The summed E-state index contributed by atoms with van der Waals surface area (Å²) in [5.41, 5.74) is 1.46. The number of nitrogens with zero attached hydrogens (tertiary/aromatic N) is 1. The number of ether oxygens (including phenoxy) is 1. The summed E-state index contributed by atoms with van der Waals surface area (Å²) in [4.78, 5) is 14.8. The fraction of sp³-hybridized carbons (Fsp3) is 0.250. The second-order valence-electron chi connectivity index (χ2n) is 4.54. The molecule has 0 aliphatic rings. The molecule has 0 saturated heterocycles. The highest BCUT2D eigenvalue weighted by Crippen LogP contribution is 2.11. The Labute approximate surface area is 123 Å². The molecule has 0 aliphatic carbocycles. The van der Waals surface area contributed by atoms with Crippen LogP contribution in [0.25, 0.3) is 0 Å². The van der Waals surface area contributed by atoms with E-state index in [1.807, 2.05) is 12.3 Å². The second kappa shape index (κ2) is 8.01. The van der Waals surface area contributed by atoms with Crippen molar-refractivity contribution in [3.05, 3.63) is 59.9 Å². The van der Waals surface area contributed by atoms with Gasteiger partial charge in [-0.25, -0.2) is 4.79 Å². The molecule has 0 bridgehead atoms. The molecule has 0 amide bonds. The van der Waals surface area contributed by atoms with Gasteiger partial charge in [-0.05, 0) is 48.9 Å². The van der Waals surface area contributed by atoms with Gasteiger partial charge in [0.25, 0.3) is 0 Å². The topological polar surface area (TPSA) is 71.5 Å². The Bertz CT molecular complexity index is 555. The molecule has 2 rings (SSSR count). The first-order valence-electron chi connectivity index (χ1n) is 6.81. The molecule has 0 radical (unpaired) electrons. The van der Waals surface area contributed by atoms with Crippen LogP contribution in [0.1, 0.15) is 15.9 Å². The fourth-order valence-corrected chi connectivity index (χ4v) is 1.84. The molecule has 1 aromatic heterocycles. The lowest BCUT2D eigenvalue weighted by atomic mass is 10.2. The maximum absolute atomic E-state index is 10.7. The van der Waals surface area contributed by atoms with Crippen LogP contribution in [0.15, 0.2) is 48.8 Å². The van der Waals surface area contributed by atoms with Crippen molar-refractivity contribution in [3.63, 3.8) is 0 Å². The van der Waals surface area contributed by atoms with Gasteiger partial charge in [0.15, 0.2) is 0 Å². The maximum atomic E-state index is 10.7. The largest absolute Gasteiger partial charge is 0.492 e. The maximum Gasteiger partial charge on any atom is 0.335 e. The van der Waals surface area contributed by atoms with Crippen molar-refractivity contribution in [1.82, 2.24) is 10.3 Å². The third kappa shape index (κ3) is 5.24. The van der Waals surface area contributed by atoms with E-state index < -0.39 is 5.97 Å². The zero-order valence-electron chi connectivity index (χ0n) is 11.7. The van der Waals surface area contributed by atoms with Crippen molar-refractivity contribution in [2.45, 2.75) is 6.42 Å². The number of pyridine rings is 1. The molecular formula is C16H18N2O3. The van der Waals surface area contributed by atoms with Gasteiger partial charge in [0.1, 0.15) is 12.4 Å². The van der Waals surface area contributed by atoms with Crippen molar-refractivity contribution < 1.29 is 14.6 Å². The second-order valence-corrected chi connectivity index (χ2v) is 4.54. The molecule has 1 heterocycles. The van der Waals surface area contributed by atoms with E-state index in [1.54, 1.807) is 18.3 Å². The number of hydrogen-bond acceptors (Lipinski definition) is 4. The van der Waals surface area contributed by atoms with Crippen LogP contribution in [0, 0.1) is 0 Å². The minimum Gasteiger partial charge on any atom is -0.492 e. The minimum atomic E-state index is -0.932. The first-order chi connectivity index (χ1) is 10.3. The summed E-state index contributed by atoms with van der Waals surface area (Å²) in [5, 5.41) is 12.1. The molecule has 110 valence electrons. The number of benzene rings is 1. The normalized spacial score (nSPS) is 10.3. The van der Waals surface area contributed by atoms with Crippen LogP contribution in [0.3, 0.4) is 0 Å². The van der Waals surface area contributed by atoms with E-state index in [2.05, 4.69) is 16.4 Å². The number of carboxylic acids is 1. The molecule has 0 unspecified atom stereocenters. The van der Waals surface area contributed by atoms with E-state index in [4.69, 9.17) is 9.84 Å². The van der Waals surface area contributed by atoms with Gasteiger partial charge in [-0.15, -0.1) is 0 Å². The van der Waals surface area contributed by atoms with Gasteiger partial charge in [0, 0.05) is 18.9 Å². The Morgan fingerprint density at radius 2 is 2.00 bits per heavy atom. The summed E-state index contributed by atoms with van der Waals surface area (Å²) >= 11 is 0. The van der Waals surface area contributed by atoms with Gasteiger partial charge in [-0.2, -0.15) is 0 Å². The standard InChI is InChI=1S/C16H18N2O3/c19-16(20)14-3-5-15(6-4-14)21-11-10-17-9-7-13-2-1-8-18-12-13/h1-6,8,12,17H,7,9-11H2,(H,19,20). The Morgan fingerprint density at radius 1 is 1.19 bits per heavy atom. The van der Waals surface area contributed by atoms with Crippen LogP contribution >= 0.6 is 0 Å². The quantitative estimate of drug-likeness (QED) is 0.726. The highest BCUT2D eigenvalue weighted by molar-refractivity contribution is 5.87. The van der Waals surface area contributed by atoms with Crippen molar-refractivity contribution in [3.8, 4) is 5.75 Å². The third-order valence-corrected chi connectivity index (χ3v) is 2.96. The Morgan fingerprint density at radius 3 is 2.67 bits per heavy atom. The molecule has 5 heteroatoms. The zero-order valence-corrected chi connectivity index (χ0v) is 11.7. The van der Waals surface area contributed by atoms with E-state index in [0.29, 0.717) is 12.4 Å². The van der Waals surface area contributed by atoms with Crippen LogP contribution in [0.5, 0.6) is 5.75 Å². The highest BCUT2D eigenvalue weighted by atomic mass is 16.5. The van der Waals surface area contributed by atoms with E-state index in [1.165, 1.54) is 17.7 Å². The number of nitrogens with one attached hydrogen (secondary N) is 1. The number of carboxylic acid groups (broad SMARTS) is 1. The minimum absolute atomic E-state index is 0.261. The SMILES string of the molecule is O=C(O)c1ccc(OCCNCCc2cccnc2)cc1. The number of aromatic nitrogens is 1. The van der Waals surface area contributed by atoms with Crippen molar-refractivity contribution in [1.29, 1.82) is 0 Å². The number of aromatic carboxylic acids is 1. The summed E-state index contributed by atoms with van der Waals surface area (Å²) in [6, 6.07) is 10.4. The van der Waals surface area contributed by atoms with E-state index in [-0.39, 0.29) is 5.56 Å². The average Bonchev–Trinajstić information content (AvgIpc) is 2.52. The summed E-state index contributed by atoms with van der Waals surface area (Å²) in [6.45, 7) is 2.15. The lowest BCUT2D eigenvalue weighted by Crippen LogP contribution is -2.23. The van der Waals surface area contributed by atoms with E-state index in [0.717, 1.165) is 19.5 Å². The molecular weight excluding hydrogens is 268 g/mol. The molecule has 0 spiro atoms. The lowest BCUT2D eigenvalue weighted by Gasteiger charge is -2.07. The first kappa shape index (κ1) is 15.0. The fourth-order valence-electron chi connectivity index (χ4n) is 1.84. The number of rotatable bonds is 8. The molecule has 5 nitrogen and oxygen atoms in total. The predicted molar refractivity (Wildman–Crippen MR) is 79.7 cm³/mol. The van der Waals surface area contributed by atoms with Gasteiger partial charge in [0.2, 0.25) is 0 Å². The van der Waals surface area contributed by atoms with E-state index >= 15 is 0 Å². The van der Waals surface area contributed by atoms with Crippen LogP contribution in [-0.2, 0) is 6.42 Å². The van der Waals surface area contributed by atoms with Gasteiger partial charge >= 0.3 is 5.97 Å². The van der Waals surface area contributed by atoms with Crippen LogP contribution < -0.4 is 10.1 Å². The zero-order chi connectivity index (χ0) is 14.9. The third-order valence-electron chi connectivity index (χ3n) is 2.96. The monoisotopic (exact) mass is 286 g/mol. The van der Waals surface area contributed by atoms with Crippen LogP contribution in [0.4, 0.5) is 0 Å². The average molecular weight is 286 g/mol. The molecule has 1 aromatic carbocycles. The number of hydrogen-bond donors (Lipinski definition) is 2. The Balaban J connectivity index is 1.60. The summed E-state index contributed by atoms with van der Waals surface area (Å²) in [5.74, 6) is -0.257. The Kier molecular flexibility index (Phi) is 5.72. The Hall–Kier alpha value is -2.40. The van der Waals surface area contributed by atoms with Crippen molar-refractivity contribution in [2.24, 2.45) is 0 Å². The smallest absolute Gasteiger partial charge is 0.335 e. The van der Waals surface area contributed by atoms with Gasteiger partial charge in [0.05, 0.1) is 5.56 Å². The van der Waals surface area contributed by atoms with Crippen molar-refractivity contribution >= 4 is 5.97 Å². The van der Waals surface area contributed by atoms with Crippen LogP contribution in [-0.4, -0.2) is 35.8 Å². The first-order valence-corrected chi connectivity index (χ1v) is 6.81. The summed E-state index contributed by atoms with van der Waals surface area (Å²) in [6.07, 6.45) is 4.56. The molecule has 0 fully saturated rings. The summed E-state index contributed by atoms with van der Waals surface area (Å²) < 4.78 is 5.53. The molecule has 0 atom stereocenters.